The lowest BCUT2D eigenvalue weighted by Gasteiger charge is -2.21. The fourth-order valence-corrected chi connectivity index (χ4v) is 2.04. The highest BCUT2D eigenvalue weighted by molar-refractivity contribution is 5.67. The highest BCUT2D eigenvalue weighted by Crippen LogP contribution is 2.39. The molecule has 1 aromatic heterocycles. The van der Waals surface area contributed by atoms with Gasteiger partial charge in [-0.3, -0.25) is 4.98 Å². The van der Waals surface area contributed by atoms with Crippen molar-refractivity contribution in [3.05, 3.63) is 53.1 Å². The van der Waals surface area contributed by atoms with Gasteiger partial charge in [-0.15, -0.1) is 0 Å². The van der Waals surface area contributed by atoms with Gasteiger partial charge in [-0.05, 0) is 23.8 Å². The molecular weight excluding hydrogens is 320 g/mol. The van der Waals surface area contributed by atoms with E-state index in [-0.39, 0.29) is 5.69 Å². The monoisotopic (exact) mass is 333 g/mol. The van der Waals surface area contributed by atoms with Gasteiger partial charge < -0.3 is 0 Å². The minimum absolute atomic E-state index is 0.177. The molecule has 0 bridgehead atoms. The lowest BCUT2D eigenvalue weighted by Crippen LogP contribution is -2.17. The van der Waals surface area contributed by atoms with Crippen LogP contribution < -0.4 is 0 Å². The molecule has 0 aliphatic carbocycles. The summed E-state index contributed by atoms with van der Waals surface area (Å²) in [5.41, 5.74) is -2.48. The third kappa shape index (κ3) is 3.48. The molecule has 0 atom stereocenters. The highest BCUT2D eigenvalue weighted by Gasteiger charge is 2.35. The first-order chi connectivity index (χ1) is 10.4. The van der Waals surface area contributed by atoms with Crippen LogP contribution in [0, 0.1) is 17.5 Å². The van der Waals surface area contributed by atoms with E-state index in [0.29, 0.717) is 12.1 Å². The first-order valence-electron chi connectivity index (χ1n) is 6.64. The molecule has 0 spiro atoms. The quantitative estimate of drug-likeness (QED) is 0.497. The van der Waals surface area contributed by atoms with Gasteiger partial charge in [0.2, 0.25) is 0 Å². The number of halogens is 6. The van der Waals surface area contributed by atoms with Gasteiger partial charge in [0.05, 0.1) is 5.56 Å². The highest BCUT2D eigenvalue weighted by atomic mass is 19.4. The summed E-state index contributed by atoms with van der Waals surface area (Å²) >= 11 is 0. The van der Waals surface area contributed by atoms with Crippen LogP contribution in [0.4, 0.5) is 26.3 Å². The zero-order valence-electron chi connectivity index (χ0n) is 12.5. The zero-order valence-corrected chi connectivity index (χ0v) is 12.5. The summed E-state index contributed by atoms with van der Waals surface area (Å²) in [5.74, 6) is -4.86. The number of hydrogen-bond acceptors (Lipinski definition) is 1. The molecule has 7 heteroatoms. The zero-order chi connectivity index (χ0) is 17.6. The Morgan fingerprint density at radius 3 is 1.83 bits per heavy atom. The van der Waals surface area contributed by atoms with E-state index in [9.17, 15) is 26.3 Å². The summed E-state index contributed by atoms with van der Waals surface area (Å²) in [4.78, 5) is 3.94. The van der Waals surface area contributed by atoms with Crippen LogP contribution in [0.5, 0.6) is 0 Å². The molecule has 1 heterocycles. The van der Waals surface area contributed by atoms with E-state index in [4.69, 9.17) is 0 Å². The Balaban J connectivity index is 2.72. The molecule has 0 N–H and O–H groups in total. The molecule has 0 unspecified atom stereocenters. The van der Waals surface area contributed by atoms with Crippen LogP contribution in [0.1, 0.15) is 32.0 Å². The minimum Gasteiger partial charge on any atom is -0.260 e. The molecule has 23 heavy (non-hydrogen) atoms. The van der Waals surface area contributed by atoms with Gasteiger partial charge in [0.25, 0.3) is 0 Å². The Bertz CT molecular complexity index is 720. The normalized spacial score (nSPS) is 12.6. The van der Waals surface area contributed by atoms with Gasteiger partial charge in [-0.2, -0.15) is 13.2 Å². The van der Waals surface area contributed by atoms with Crippen LogP contribution in [-0.2, 0) is 11.6 Å². The van der Waals surface area contributed by atoms with Gasteiger partial charge in [0.1, 0.15) is 0 Å². The van der Waals surface area contributed by atoms with Crippen molar-refractivity contribution in [3.63, 3.8) is 0 Å². The molecule has 0 fully saturated rings. The summed E-state index contributed by atoms with van der Waals surface area (Å²) in [5, 5.41) is 0. The number of nitrogens with zero attached hydrogens (tertiary/aromatic N) is 1. The van der Waals surface area contributed by atoms with Crippen molar-refractivity contribution in [3.8, 4) is 11.1 Å². The standard InChI is InChI=1S/C16H13F6N/c1-15(2,3)13-6-10(16(20,21)22)9(7-23-13)8-4-11(17)14(19)12(18)5-8/h4-7H,1-3H3. The summed E-state index contributed by atoms with van der Waals surface area (Å²) in [6.07, 6.45) is -3.85. The number of pyridine rings is 1. The summed E-state index contributed by atoms with van der Waals surface area (Å²) in [6.45, 7) is 5.06. The van der Waals surface area contributed by atoms with Crippen molar-refractivity contribution >= 4 is 0 Å². The van der Waals surface area contributed by atoms with E-state index in [1.807, 2.05) is 0 Å². The minimum atomic E-state index is -4.75. The van der Waals surface area contributed by atoms with E-state index in [2.05, 4.69) is 4.98 Å². The van der Waals surface area contributed by atoms with Crippen LogP contribution >= 0.6 is 0 Å². The number of alkyl halides is 3. The van der Waals surface area contributed by atoms with E-state index in [1.165, 1.54) is 0 Å². The molecule has 0 amide bonds. The van der Waals surface area contributed by atoms with E-state index in [1.54, 1.807) is 20.8 Å². The van der Waals surface area contributed by atoms with Gasteiger partial charge in [0, 0.05) is 22.9 Å². The topological polar surface area (TPSA) is 12.9 Å². The number of hydrogen-bond donors (Lipinski definition) is 0. The molecule has 2 rings (SSSR count). The average molecular weight is 333 g/mol. The van der Waals surface area contributed by atoms with Crippen molar-refractivity contribution in [2.45, 2.75) is 32.4 Å². The van der Waals surface area contributed by atoms with Gasteiger partial charge in [0.15, 0.2) is 17.5 Å². The second-order valence-corrected chi connectivity index (χ2v) is 6.12. The lowest BCUT2D eigenvalue weighted by atomic mass is 9.89. The first kappa shape index (κ1) is 17.3. The number of benzene rings is 1. The maximum Gasteiger partial charge on any atom is 0.417 e. The van der Waals surface area contributed by atoms with Gasteiger partial charge >= 0.3 is 6.18 Å². The summed E-state index contributed by atoms with van der Waals surface area (Å²) in [7, 11) is 0. The molecule has 0 saturated carbocycles. The largest absolute Gasteiger partial charge is 0.417 e. The van der Waals surface area contributed by atoms with Crippen molar-refractivity contribution in [2.24, 2.45) is 0 Å². The predicted molar refractivity (Wildman–Crippen MR) is 73.2 cm³/mol. The molecule has 0 saturated heterocycles. The predicted octanol–water partition coefficient (Wildman–Crippen LogP) is 5.48. The second-order valence-electron chi connectivity index (χ2n) is 6.12. The average Bonchev–Trinajstić information content (AvgIpc) is 2.41. The molecule has 0 aliphatic heterocycles. The fourth-order valence-electron chi connectivity index (χ4n) is 2.04. The Kier molecular flexibility index (Phi) is 4.17. The van der Waals surface area contributed by atoms with Crippen molar-refractivity contribution in [2.75, 3.05) is 0 Å². The van der Waals surface area contributed by atoms with E-state index >= 15 is 0 Å². The summed E-state index contributed by atoms with van der Waals surface area (Å²) < 4.78 is 79.5. The van der Waals surface area contributed by atoms with Crippen LogP contribution in [0.2, 0.25) is 0 Å². The van der Waals surface area contributed by atoms with Crippen molar-refractivity contribution in [1.82, 2.24) is 4.98 Å². The molecular formula is C16H13F6N. The molecule has 0 aliphatic rings. The fraction of sp³-hybridized carbons (Fsp3) is 0.312. The Labute approximate surface area is 129 Å². The van der Waals surface area contributed by atoms with Gasteiger partial charge in [-0.25, -0.2) is 13.2 Å². The van der Waals surface area contributed by atoms with Crippen LogP contribution in [0.3, 0.4) is 0 Å². The molecule has 0 radical (unpaired) electrons. The third-order valence-corrected chi connectivity index (χ3v) is 3.27. The SMILES string of the molecule is CC(C)(C)c1cc(C(F)(F)F)c(-c2cc(F)c(F)c(F)c2)cn1. The second kappa shape index (κ2) is 5.54. The number of aromatic nitrogens is 1. The third-order valence-electron chi connectivity index (χ3n) is 3.27. The van der Waals surface area contributed by atoms with E-state index < -0.39 is 45.7 Å². The van der Waals surface area contributed by atoms with Crippen LogP contribution in [0.15, 0.2) is 24.4 Å². The Hall–Kier alpha value is -2.05. The number of rotatable bonds is 1. The smallest absolute Gasteiger partial charge is 0.260 e. The molecule has 2 aromatic rings. The molecule has 124 valence electrons. The molecule has 1 aromatic carbocycles. The Morgan fingerprint density at radius 2 is 1.39 bits per heavy atom. The molecule has 1 nitrogen and oxygen atoms in total. The lowest BCUT2D eigenvalue weighted by molar-refractivity contribution is -0.137. The van der Waals surface area contributed by atoms with Crippen LogP contribution in [0.25, 0.3) is 11.1 Å². The maximum atomic E-state index is 13.3. The van der Waals surface area contributed by atoms with Crippen molar-refractivity contribution < 1.29 is 26.3 Å². The summed E-state index contributed by atoms with van der Waals surface area (Å²) in [6, 6.07) is 1.87. The van der Waals surface area contributed by atoms with E-state index in [0.717, 1.165) is 12.3 Å². The maximum absolute atomic E-state index is 13.3. The first-order valence-corrected chi connectivity index (χ1v) is 6.64. The van der Waals surface area contributed by atoms with Gasteiger partial charge in [-0.1, -0.05) is 20.8 Å². The Morgan fingerprint density at radius 1 is 0.870 bits per heavy atom. The van der Waals surface area contributed by atoms with Crippen molar-refractivity contribution in [1.29, 1.82) is 0 Å². The van der Waals surface area contributed by atoms with Crippen LogP contribution in [-0.4, -0.2) is 4.98 Å².